The van der Waals surface area contributed by atoms with Crippen LogP contribution in [-0.4, -0.2) is 44.9 Å². The standard InChI is InChI=1S/C25H30N2O3/c1-2-27-16-20(18-7-3-5-9-21(18)27)23(29)17-26-13-11-25(12-14-26)15-22(28)19-8-4-6-10-24(19)30-25/h3-10,16,22-23,28-29H,2,11-15,17H2,1H3. The normalized spacial score (nSPS) is 22.0. The number of ether oxygens (including phenoxy) is 1. The van der Waals surface area contributed by atoms with Gasteiger partial charge in [0.15, 0.2) is 0 Å². The van der Waals surface area contributed by atoms with E-state index >= 15 is 0 Å². The van der Waals surface area contributed by atoms with Crippen LogP contribution in [-0.2, 0) is 6.54 Å². The van der Waals surface area contributed by atoms with Crippen molar-refractivity contribution < 1.29 is 14.9 Å². The number of piperidine rings is 1. The maximum atomic E-state index is 11.0. The average Bonchev–Trinajstić information content (AvgIpc) is 3.15. The lowest BCUT2D eigenvalue weighted by Gasteiger charge is -2.46. The molecule has 2 aliphatic heterocycles. The number of aryl methyl sites for hydroxylation is 1. The van der Waals surface area contributed by atoms with Gasteiger partial charge >= 0.3 is 0 Å². The van der Waals surface area contributed by atoms with E-state index in [-0.39, 0.29) is 5.60 Å². The molecule has 2 atom stereocenters. The quantitative estimate of drug-likeness (QED) is 0.686. The third-order valence-corrected chi connectivity index (χ3v) is 6.89. The van der Waals surface area contributed by atoms with Crippen LogP contribution in [0.2, 0.25) is 0 Å². The highest BCUT2D eigenvalue weighted by Crippen LogP contribution is 2.44. The van der Waals surface area contributed by atoms with Crippen LogP contribution in [0.25, 0.3) is 10.9 Å². The van der Waals surface area contributed by atoms with Gasteiger partial charge < -0.3 is 24.4 Å². The first-order valence-electron chi connectivity index (χ1n) is 11.0. The molecule has 1 aromatic heterocycles. The molecule has 30 heavy (non-hydrogen) atoms. The second kappa shape index (κ2) is 7.73. The van der Waals surface area contributed by atoms with Gasteiger partial charge in [0.1, 0.15) is 11.4 Å². The first-order valence-corrected chi connectivity index (χ1v) is 11.0. The SMILES string of the molecule is CCn1cc(C(O)CN2CCC3(CC2)CC(O)c2ccccc2O3)c2ccccc21. The monoisotopic (exact) mass is 406 g/mol. The number of nitrogens with zero attached hydrogens (tertiary/aromatic N) is 2. The van der Waals surface area contributed by atoms with Crippen molar-refractivity contribution >= 4 is 10.9 Å². The zero-order valence-corrected chi connectivity index (χ0v) is 17.5. The number of para-hydroxylation sites is 2. The van der Waals surface area contributed by atoms with Gasteiger partial charge in [0.25, 0.3) is 0 Å². The molecular weight excluding hydrogens is 376 g/mol. The summed E-state index contributed by atoms with van der Waals surface area (Å²) in [6.45, 7) is 5.35. The molecule has 3 aromatic rings. The Morgan fingerprint density at radius 2 is 1.83 bits per heavy atom. The van der Waals surface area contributed by atoms with Crippen molar-refractivity contribution in [1.82, 2.24) is 9.47 Å². The number of fused-ring (bicyclic) bond motifs is 2. The summed E-state index contributed by atoms with van der Waals surface area (Å²) in [5, 5.41) is 22.8. The van der Waals surface area contributed by atoms with Gasteiger partial charge in [0, 0.05) is 60.8 Å². The van der Waals surface area contributed by atoms with Crippen LogP contribution in [0.3, 0.4) is 0 Å². The first-order chi connectivity index (χ1) is 14.6. The van der Waals surface area contributed by atoms with Gasteiger partial charge in [-0.3, -0.25) is 0 Å². The number of hydrogen-bond donors (Lipinski definition) is 2. The molecule has 2 unspecified atom stereocenters. The fourth-order valence-corrected chi connectivity index (χ4v) is 5.18. The minimum Gasteiger partial charge on any atom is -0.487 e. The predicted molar refractivity (Wildman–Crippen MR) is 118 cm³/mol. The lowest BCUT2D eigenvalue weighted by Crippen LogP contribution is -2.51. The van der Waals surface area contributed by atoms with E-state index in [1.54, 1.807) is 0 Å². The van der Waals surface area contributed by atoms with E-state index in [4.69, 9.17) is 4.74 Å². The van der Waals surface area contributed by atoms with Crippen LogP contribution in [0.1, 0.15) is 49.5 Å². The average molecular weight is 407 g/mol. The second-order valence-corrected chi connectivity index (χ2v) is 8.75. The van der Waals surface area contributed by atoms with E-state index in [9.17, 15) is 10.2 Å². The van der Waals surface area contributed by atoms with Crippen LogP contribution in [0.4, 0.5) is 0 Å². The molecule has 3 heterocycles. The summed E-state index contributed by atoms with van der Waals surface area (Å²) < 4.78 is 8.59. The van der Waals surface area contributed by atoms with E-state index in [0.717, 1.165) is 54.7 Å². The molecule has 5 rings (SSSR count). The van der Waals surface area contributed by atoms with Crippen LogP contribution >= 0.6 is 0 Å². The second-order valence-electron chi connectivity index (χ2n) is 8.75. The topological polar surface area (TPSA) is 57.9 Å². The summed E-state index contributed by atoms with van der Waals surface area (Å²) in [6.07, 6.45) is 3.48. The number of rotatable bonds is 4. The fraction of sp³-hybridized carbons (Fsp3) is 0.440. The van der Waals surface area contributed by atoms with Gasteiger partial charge in [-0.15, -0.1) is 0 Å². The Morgan fingerprint density at radius 1 is 1.10 bits per heavy atom. The zero-order chi connectivity index (χ0) is 20.7. The van der Waals surface area contributed by atoms with Crippen LogP contribution in [0.5, 0.6) is 5.75 Å². The Morgan fingerprint density at radius 3 is 2.63 bits per heavy atom. The molecule has 0 aliphatic carbocycles. The van der Waals surface area contributed by atoms with Crippen molar-refractivity contribution in [2.75, 3.05) is 19.6 Å². The number of aromatic nitrogens is 1. The molecule has 0 radical (unpaired) electrons. The Kier molecular flexibility index (Phi) is 5.05. The maximum absolute atomic E-state index is 11.0. The fourth-order valence-electron chi connectivity index (χ4n) is 5.18. The molecule has 158 valence electrons. The number of β-amino-alcohol motifs (C(OH)–C–C–N with tert-alkyl or cyclic N) is 1. The Labute approximate surface area is 177 Å². The molecule has 5 heteroatoms. The summed E-state index contributed by atoms with van der Waals surface area (Å²) in [4.78, 5) is 2.32. The summed E-state index contributed by atoms with van der Waals surface area (Å²) in [5.41, 5.74) is 2.78. The largest absolute Gasteiger partial charge is 0.487 e. The number of aliphatic hydroxyl groups excluding tert-OH is 2. The van der Waals surface area contributed by atoms with E-state index in [2.05, 4.69) is 34.7 Å². The lowest BCUT2D eigenvalue weighted by molar-refractivity contribution is -0.0587. The molecule has 2 aliphatic rings. The minimum absolute atomic E-state index is 0.298. The molecule has 1 saturated heterocycles. The molecule has 2 aromatic carbocycles. The highest BCUT2D eigenvalue weighted by atomic mass is 16.5. The number of likely N-dealkylation sites (tertiary alicyclic amines) is 1. The highest BCUT2D eigenvalue weighted by Gasteiger charge is 2.43. The number of hydrogen-bond acceptors (Lipinski definition) is 4. The maximum Gasteiger partial charge on any atom is 0.125 e. The number of benzene rings is 2. The van der Waals surface area contributed by atoms with Gasteiger partial charge in [-0.05, 0) is 31.9 Å². The van der Waals surface area contributed by atoms with Crippen molar-refractivity contribution in [3.05, 3.63) is 65.9 Å². The molecule has 2 N–H and O–H groups in total. The molecule has 0 saturated carbocycles. The van der Waals surface area contributed by atoms with Crippen molar-refractivity contribution in [2.45, 2.75) is 50.5 Å². The summed E-state index contributed by atoms with van der Waals surface area (Å²) in [7, 11) is 0. The van der Waals surface area contributed by atoms with Crippen molar-refractivity contribution in [2.24, 2.45) is 0 Å². The van der Waals surface area contributed by atoms with Crippen molar-refractivity contribution in [3.63, 3.8) is 0 Å². The smallest absolute Gasteiger partial charge is 0.125 e. The van der Waals surface area contributed by atoms with Crippen molar-refractivity contribution in [3.8, 4) is 5.75 Å². The van der Waals surface area contributed by atoms with Crippen molar-refractivity contribution in [1.29, 1.82) is 0 Å². The van der Waals surface area contributed by atoms with Crippen LogP contribution in [0.15, 0.2) is 54.7 Å². The third kappa shape index (κ3) is 3.41. The molecule has 1 spiro atoms. The predicted octanol–water partition coefficient (Wildman–Crippen LogP) is 4.05. The molecule has 5 nitrogen and oxygen atoms in total. The first kappa shape index (κ1) is 19.6. The van der Waals surface area contributed by atoms with Gasteiger partial charge in [-0.2, -0.15) is 0 Å². The highest BCUT2D eigenvalue weighted by molar-refractivity contribution is 5.84. The van der Waals surface area contributed by atoms with Gasteiger partial charge in [0.2, 0.25) is 0 Å². The zero-order valence-electron chi connectivity index (χ0n) is 17.5. The van der Waals surface area contributed by atoms with E-state index in [0.29, 0.717) is 13.0 Å². The molecular formula is C25H30N2O3. The molecule has 0 bridgehead atoms. The summed E-state index contributed by atoms with van der Waals surface area (Å²) >= 11 is 0. The Bertz CT molecular complexity index is 1040. The summed E-state index contributed by atoms with van der Waals surface area (Å²) in [5.74, 6) is 0.817. The number of aliphatic hydroxyl groups is 2. The van der Waals surface area contributed by atoms with Crippen LogP contribution < -0.4 is 4.74 Å². The lowest BCUT2D eigenvalue weighted by atomic mass is 9.81. The Balaban J connectivity index is 1.27. The van der Waals surface area contributed by atoms with Crippen LogP contribution in [0, 0.1) is 0 Å². The van der Waals surface area contributed by atoms with E-state index in [1.165, 1.54) is 5.52 Å². The molecule has 0 amide bonds. The third-order valence-electron chi connectivity index (χ3n) is 6.89. The van der Waals surface area contributed by atoms with Gasteiger partial charge in [0.05, 0.1) is 12.2 Å². The summed E-state index contributed by atoms with van der Waals surface area (Å²) in [6, 6.07) is 16.1. The minimum atomic E-state index is -0.518. The van der Waals surface area contributed by atoms with Gasteiger partial charge in [-0.25, -0.2) is 0 Å². The molecule has 1 fully saturated rings. The van der Waals surface area contributed by atoms with Gasteiger partial charge in [-0.1, -0.05) is 36.4 Å². The van der Waals surface area contributed by atoms with E-state index < -0.39 is 12.2 Å². The Hall–Kier alpha value is -2.34. The van der Waals surface area contributed by atoms with E-state index in [1.807, 2.05) is 36.4 Å².